The van der Waals surface area contributed by atoms with E-state index < -0.39 is 5.97 Å². The van der Waals surface area contributed by atoms with Crippen molar-refractivity contribution in [2.45, 2.75) is 27.2 Å². The molecule has 5 nitrogen and oxygen atoms in total. The first-order chi connectivity index (χ1) is 7.02. The van der Waals surface area contributed by atoms with Crippen LogP contribution in [0.4, 0.5) is 0 Å². The zero-order valence-electron chi connectivity index (χ0n) is 9.53. The molecule has 0 bridgehead atoms. The summed E-state index contributed by atoms with van der Waals surface area (Å²) in [5.74, 6) is -0.468. The molecule has 0 aliphatic heterocycles. The molecule has 5 heteroatoms. The zero-order valence-corrected chi connectivity index (χ0v) is 9.53. The number of hydrogen-bond donors (Lipinski definition) is 3. The number of aromatic nitrogens is 2. The summed E-state index contributed by atoms with van der Waals surface area (Å²) in [6.07, 6.45) is 0.839. The Bertz CT molecular complexity index is 318. The molecule has 1 aromatic rings. The molecule has 1 aromatic heterocycles. The van der Waals surface area contributed by atoms with E-state index in [1.807, 2.05) is 0 Å². The fourth-order valence-electron chi connectivity index (χ4n) is 1.25. The van der Waals surface area contributed by atoms with E-state index in [4.69, 9.17) is 10.2 Å². The predicted octanol–water partition coefficient (Wildman–Crippen LogP) is 1.22. The molecule has 0 spiro atoms. The van der Waals surface area contributed by atoms with Crippen LogP contribution in [0.25, 0.3) is 0 Å². The van der Waals surface area contributed by atoms with Crippen molar-refractivity contribution in [2.24, 2.45) is 5.92 Å². The van der Waals surface area contributed by atoms with Gasteiger partial charge in [-0.25, -0.2) is 4.79 Å². The molecule has 86 valence electrons. The number of carboxylic acids is 1. The highest BCUT2D eigenvalue weighted by Gasteiger charge is 2.15. The lowest BCUT2D eigenvalue weighted by atomic mass is 10.0. The molecule has 0 unspecified atom stereocenters. The van der Waals surface area contributed by atoms with E-state index in [0.29, 0.717) is 5.92 Å². The molecule has 0 atom stereocenters. The van der Waals surface area contributed by atoms with Crippen LogP contribution in [0.2, 0.25) is 0 Å². The first kappa shape index (κ1) is 13.6. The maximum absolute atomic E-state index is 10.6. The molecule has 0 saturated carbocycles. The number of nitrogens with one attached hydrogen (secondary N) is 1. The Hall–Kier alpha value is -1.36. The van der Waals surface area contributed by atoms with Crippen LogP contribution in [0.3, 0.4) is 0 Å². The highest BCUT2D eigenvalue weighted by Crippen LogP contribution is 2.13. The van der Waals surface area contributed by atoms with E-state index in [-0.39, 0.29) is 5.69 Å². The maximum atomic E-state index is 10.6. The van der Waals surface area contributed by atoms with E-state index in [0.717, 1.165) is 24.8 Å². The van der Waals surface area contributed by atoms with Gasteiger partial charge in [0.25, 0.3) is 0 Å². The van der Waals surface area contributed by atoms with Gasteiger partial charge in [0.05, 0.1) is 0 Å². The number of rotatable bonds is 3. The standard InChI is InChI=1S/C9H14N2O2.CH4O/c1-5(2)4-7-6(3)8(9(12)13)11-10-7;1-2/h5H,4H2,1-3H3,(H,10,11)(H,12,13);2H,1H3. The van der Waals surface area contributed by atoms with Gasteiger partial charge in [0, 0.05) is 18.4 Å². The van der Waals surface area contributed by atoms with E-state index >= 15 is 0 Å². The van der Waals surface area contributed by atoms with Crippen LogP contribution in [-0.4, -0.2) is 33.5 Å². The van der Waals surface area contributed by atoms with Gasteiger partial charge in [-0.2, -0.15) is 5.10 Å². The van der Waals surface area contributed by atoms with Crippen molar-refractivity contribution in [2.75, 3.05) is 7.11 Å². The fourth-order valence-corrected chi connectivity index (χ4v) is 1.25. The van der Waals surface area contributed by atoms with Crippen LogP contribution in [0.1, 0.15) is 35.6 Å². The molecule has 0 aromatic carbocycles. The number of nitrogens with zero attached hydrogens (tertiary/aromatic N) is 1. The number of carbonyl (C=O) groups is 1. The molecule has 3 N–H and O–H groups in total. The average Bonchev–Trinajstić information content (AvgIpc) is 2.51. The second-order valence-electron chi connectivity index (χ2n) is 3.58. The minimum Gasteiger partial charge on any atom is -0.476 e. The normalized spacial score (nSPS) is 9.73. The summed E-state index contributed by atoms with van der Waals surface area (Å²) in [5.41, 5.74) is 1.81. The van der Waals surface area contributed by atoms with E-state index in [9.17, 15) is 4.79 Å². The predicted molar refractivity (Wildman–Crippen MR) is 57.0 cm³/mol. The first-order valence-corrected chi connectivity index (χ1v) is 4.74. The highest BCUT2D eigenvalue weighted by molar-refractivity contribution is 5.87. The van der Waals surface area contributed by atoms with Gasteiger partial charge in [-0.3, -0.25) is 5.10 Å². The van der Waals surface area contributed by atoms with Crippen LogP contribution in [0.5, 0.6) is 0 Å². The lowest BCUT2D eigenvalue weighted by Crippen LogP contribution is -2.00. The van der Waals surface area contributed by atoms with Crippen LogP contribution >= 0.6 is 0 Å². The Morgan fingerprint density at radius 2 is 2.00 bits per heavy atom. The molecule has 0 radical (unpaired) electrons. The lowest BCUT2D eigenvalue weighted by Gasteiger charge is -2.02. The summed E-state index contributed by atoms with van der Waals surface area (Å²) >= 11 is 0. The van der Waals surface area contributed by atoms with Crippen molar-refractivity contribution in [3.8, 4) is 0 Å². The van der Waals surface area contributed by atoms with Crippen LogP contribution in [0, 0.1) is 12.8 Å². The molecule has 0 aliphatic rings. The topological polar surface area (TPSA) is 86.2 Å². The van der Waals surface area contributed by atoms with Crippen LogP contribution < -0.4 is 0 Å². The Morgan fingerprint density at radius 1 is 1.47 bits per heavy atom. The summed E-state index contributed by atoms with van der Waals surface area (Å²) in [6.45, 7) is 5.95. The molecule has 15 heavy (non-hydrogen) atoms. The largest absolute Gasteiger partial charge is 0.476 e. The van der Waals surface area contributed by atoms with Crippen molar-refractivity contribution >= 4 is 5.97 Å². The summed E-state index contributed by atoms with van der Waals surface area (Å²) in [4.78, 5) is 10.6. The van der Waals surface area contributed by atoms with Gasteiger partial charge in [-0.1, -0.05) is 13.8 Å². The monoisotopic (exact) mass is 214 g/mol. The minimum absolute atomic E-state index is 0.135. The molecule has 0 amide bonds. The van der Waals surface area contributed by atoms with Gasteiger partial charge in [0.2, 0.25) is 0 Å². The number of aliphatic hydroxyl groups is 1. The summed E-state index contributed by atoms with van der Waals surface area (Å²) in [5, 5.41) is 22.2. The summed E-state index contributed by atoms with van der Waals surface area (Å²) in [6, 6.07) is 0. The quantitative estimate of drug-likeness (QED) is 0.706. The Balaban J connectivity index is 0.000000921. The van der Waals surface area contributed by atoms with E-state index in [1.54, 1.807) is 6.92 Å². The second kappa shape index (κ2) is 6.19. The van der Waals surface area contributed by atoms with Gasteiger partial charge in [0.15, 0.2) is 5.69 Å². The smallest absolute Gasteiger partial charge is 0.356 e. The van der Waals surface area contributed by atoms with Gasteiger partial charge in [-0.15, -0.1) is 0 Å². The van der Waals surface area contributed by atoms with Crippen molar-refractivity contribution in [1.29, 1.82) is 0 Å². The minimum atomic E-state index is -0.969. The Morgan fingerprint density at radius 3 is 2.33 bits per heavy atom. The van der Waals surface area contributed by atoms with E-state index in [1.165, 1.54) is 0 Å². The maximum Gasteiger partial charge on any atom is 0.356 e. The van der Waals surface area contributed by atoms with Crippen LogP contribution in [0.15, 0.2) is 0 Å². The number of aromatic amines is 1. The van der Waals surface area contributed by atoms with Crippen molar-refractivity contribution in [3.63, 3.8) is 0 Å². The molecular formula is C10H18N2O3. The molecule has 1 heterocycles. The van der Waals surface area contributed by atoms with Crippen molar-refractivity contribution in [3.05, 3.63) is 17.0 Å². The number of carboxylic acid groups (broad SMARTS) is 1. The Kier molecular flexibility index (Phi) is 5.62. The highest BCUT2D eigenvalue weighted by atomic mass is 16.4. The molecule has 1 rings (SSSR count). The van der Waals surface area contributed by atoms with Crippen molar-refractivity contribution < 1.29 is 15.0 Å². The van der Waals surface area contributed by atoms with Gasteiger partial charge in [0.1, 0.15) is 0 Å². The average molecular weight is 214 g/mol. The first-order valence-electron chi connectivity index (χ1n) is 4.74. The third kappa shape index (κ3) is 3.71. The number of aliphatic hydroxyl groups excluding tert-OH is 1. The summed E-state index contributed by atoms with van der Waals surface area (Å²) in [7, 11) is 1.00. The van der Waals surface area contributed by atoms with Gasteiger partial charge < -0.3 is 10.2 Å². The van der Waals surface area contributed by atoms with E-state index in [2.05, 4.69) is 24.0 Å². The van der Waals surface area contributed by atoms with Crippen LogP contribution in [-0.2, 0) is 6.42 Å². The van der Waals surface area contributed by atoms with Gasteiger partial charge in [-0.05, 0) is 19.3 Å². The summed E-state index contributed by atoms with van der Waals surface area (Å²) < 4.78 is 0. The molecule has 0 fully saturated rings. The van der Waals surface area contributed by atoms with Crippen molar-refractivity contribution in [1.82, 2.24) is 10.2 Å². The molecular weight excluding hydrogens is 196 g/mol. The number of aromatic carboxylic acids is 1. The van der Waals surface area contributed by atoms with Gasteiger partial charge >= 0.3 is 5.97 Å². The number of hydrogen-bond acceptors (Lipinski definition) is 3. The fraction of sp³-hybridized carbons (Fsp3) is 0.600. The second-order valence-corrected chi connectivity index (χ2v) is 3.58. The third-order valence-corrected chi connectivity index (χ3v) is 1.93. The molecule has 0 saturated heterocycles. The molecule has 0 aliphatic carbocycles. The third-order valence-electron chi connectivity index (χ3n) is 1.93. The Labute approximate surface area is 89.1 Å². The zero-order chi connectivity index (χ0) is 12.0. The lowest BCUT2D eigenvalue weighted by molar-refractivity contribution is 0.0689. The number of H-pyrrole nitrogens is 1. The SMILES string of the molecule is CO.Cc1c(C(=O)O)n[nH]c1CC(C)C.